The van der Waals surface area contributed by atoms with Crippen LogP contribution in [-0.2, 0) is 13.2 Å². The predicted molar refractivity (Wildman–Crippen MR) is 82.5 cm³/mol. The molecule has 0 aliphatic carbocycles. The van der Waals surface area contributed by atoms with Gasteiger partial charge in [0.05, 0.1) is 12.3 Å². The zero-order valence-corrected chi connectivity index (χ0v) is 12.1. The van der Waals surface area contributed by atoms with E-state index in [0.717, 1.165) is 0 Å². The van der Waals surface area contributed by atoms with Crippen LogP contribution in [0.15, 0.2) is 36.4 Å². The highest BCUT2D eigenvalue weighted by atomic mass is 19.1. The maximum absolute atomic E-state index is 14.2. The lowest BCUT2D eigenvalue weighted by Crippen LogP contribution is -2.11. The molecule has 2 aromatic carbocycles. The lowest BCUT2D eigenvalue weighted by Gasteiger charge is -2.14. The lowest BCUT2D eigenvalue weighted by atomic mass is 10.1. The molecule has 5 nitrogen and oxygen atoms in total. The highest BCUT2D eigenvalue weighted by Gasteiger charge is 2.11. The fourth-order valence-electron chi connectivity index (χ4n) is 2.15. The molecule has 0 bridgehead atoms. The molecule has 0 aliphatic heterocycles. The minimum Gasteiger partial charge on any atom is -0.465 e. The summed E-state index contributed by atoms with van der Waals surface area (Å²) in [5.74, 6) is -0.494. The van der Waals surface area contributed by atoms with E-state index in [-0.39, 0.29) is 24.4 Å². The van der Waals surface area contributed by atoms with Crippen LogP contribution in [0.3, 0.4) is 0 Å². The van der Waals surface area contributed by atoms with E-state index in [1.807, 2.05) is 0 Å². The molecule has 0 spiro atoms. The van der Waals surface area contributed by atoms with E-state index < -0.39 is 11.9 Å². The second kappa shape index (κ2) is 6.91. The van der Waals surface area contributed by atoms with Crippen LogP contribution in [0.4, 0.5) is 20.6 Å². The van der Waals surface area contributed by atoms with Crippen molar-refractivity contribution in [2.45, 2.75) is 20.1 Å². The zero-order valence-electron chi connectivity index (χ0n) is 12.1. The number of anilines is 2. The van der Waals surface area contributed by atoms with Gasteiger partial charge in [0, 0.05) is 17.8 Å². The summed E-state index contributed by atoms with van der Waals surface area (Å²) in [7, 11) is 0. The highest BCUT2D eigenvalue weighted by molar-refractivity contribution is 5.84. The van der Waals surface area contributed by atoms with Gasteiger partial charge in [0.25, 0.3) is 0 Å². The second-order valence-corrected chi connectivity index (χ2v) is 4.82. The predicted octanol–water partition coefficient (Wildman–Crippen LogP) is 3.33. The average Bonchev–Trinajstić information content (AvgIpc) is 2.48. The molecule has 0 atom stereocenters. The van der Waals surface area contributed by atoms with E-state index in [4.69, 9.17) is 5.11 Å². The van der Waals surface area contributed by atoms with Crippen LogP contribution in [0.25, 0.3) is 0 Å². The number of rotatable bonds is 5. The highest BCUT2D eigenvalue weighted by Crippen LogP contribution is 2.23. The smallest absolute Gasteiger partial charge is 0.409 e. The van der Waals surface area contributed by atoms with Gasteiger partial charge in [-0.2, -0.15) is 0 Å². The Bertz CT molecular complexity index is 689. The molecule has 4 N–H and O–H groups in total. The van der Waals surface area contributed by atoms with Gasteiger partial charge in [-0.05, 0) is 30.2 Å². The Hall–Kier alpha value is -2.60. The molecule has 0 heterocycles. The molecule has 116 valence electrons. The average molecular weight is 304 g/mol. The molecule has 0 aliphatic rings. The maximum Gasteiger partial charge on any atom is 0.409 e. The number of benzene rings is 2. The molecule has 2 rings (SSSR count). The Morgan fingerprint density at radius 3 is 2.59 bits per heavy atom. The van der Waals surface area contributed by atoms with Crippen molar-refractivity contribution >= 4 is 17.5 Å². The van der Waals surface area contributed by atoms with Crippen molar-refractivity contribution in [1.29, 1.82) is 0 Å². The zero-order chi connectivity index (χ0) is 16.1. The topological polar surface area (TPSA) is 81.6 Å². The Morgan fingerprint density at radius 2 is 1.91 bits per heavy atom. The van der Waals surface area contributed by atoms with E-state index in [0.29, 0.717) is 16.8 Å². The number of carbonyl (C=O) groups is 1. The standard InChI is InChI=1S/C16H17FN2O3/c1-10-6-7-14(15(17)12(10)9-20)18-8-11-4-2-3-5-13(11)19-16(21)22/h2-7,18-20H,8-9H2,1H3,(H,21,22). The summed E-state index contributed by atoms with van der Waals surface area (Å²) >= 11 is 0. The first kappa shape index (κ1) is 15.8. The minimum absolute atomic E-state index is 0.251. The van der Waals surface area contributed by atoms with Crippen molar-refractivity contribution in [2.75, 3.05) is 10.6 Å². The van der Waals surface area contributed by atoms with Gasteiger partial charge in [0.15, 0.2) is 5.82 Å². The fraction of sp³-hybridized carbons (Fsp3) is 0.188. The van der Waals surface area contributed by atoms with E-state index >= 15 is 0 Å². The van der Waals surface area contributed by atoms with Crippen molar-refractivity contribution in [2.24, 2.45) is 0 Å². The van der Waals surface area contributed by atoms with Crippen molar-refractivity contribution in [3.8, 4) is 0 Å². The van der Waals surface area contributed by atoms with E-state index in [9.17, 15) is 14.3 Å². The molecule has 0 radical (unpaired) electrons. The first-order valence-corrected chi connectivity index (χ1v) is 6.73. The molecule has 0 unspecified atom stereocenters. The summed E-state index contributed by atoms with van der Waals surface area (Å²) < 4.78 is 14.2. The van der Waals surface area contributed by atoms with E-state index in [1.54, 1.807) is 43.3 Å². The molecular formula is C16H17FN2O3. The number of hydrogen-bond acceptors (Lipinski definition) is 3. The first-order valence-electron chi connectivity index (χ1n) is 6.73. The van der Waals surface area contributed by atoms with E-state index in [2.05, 4.69) is 10.6 Å². The van der Waals surface area contributed by atoms with Crippen LogP contribution in [0, 0.1) is 12.7 Å². The normalized spacial score (nSPS) is 10.3. The van der Waals surface area contributed by atoms with Crippen LogP contribution in [0.5, 0.6) is 0 Å². The summed E-state index contributed by atoms with van der Waals surface area (Å²) in [6.45, 7) is 1.61. The number of halogens is 1. The second-order valence-electron chi connectivity index (χ2n) is 4.82. The molecule has 22 heavy (non-hydrogen) atoms. The van der Waals surface area contributed by atoms with Crippen LogP contribution in [0.2, 0.25) is 0 Å². The van der Waals surface area contributed by atoms with Crippen molar-refractivity contribution < 1.29 is 19.4 Å². The van der Waals surface area contributed by atoms with Gasteiger partial charge in [-0.1, -0.05) is 24.3 Å². The molecule has 0 fully saturated rings. The van der Waals surface area contributed by atoms with Crippen LogP contribution < -0.4 is 10.6 Å². The van der Waals surface area contributed by atoms with Crippen LogP contribution in [0.1, 0.15) is 16.7 Å². The molecule has 6 heteroatoms. The van der Waals surface area contributed by atoms with Crippen molar-refractivity contribution in [3.05, 3.63) is 58.9 Å². The number of hydrogen-bond donors (Lipinski definition) is 4. The summed E-state index contributed by atoms with van der Waals surface area (Å²) in [6, 6.07) is 10.2. The lowest BCUT2D eigenvalue weighted by molar-refractivity contribution is 0.209. The summed E-state index contributed by atoms with van der Waals surface area (Å²) in [5, 5.41) is 23.2. The van der Waals surface area contributed by atoms with Gasteiger partial charge in [-0.25, -0.2) is 9.18 Å². The third-order valence-electron chi connectivity index (χ3n) is 3.36. The molecule has 0 saturated carbocycles. The third kappa shape index (κ3) is 3.53. The van der Waals surface area contributed by atoms with Crippen molar-refractivity contribution in [1.82, 2.24) is 0 Å². The van der Waals surface area contributed by atoms with Gasteiger partial charge in [-0.3, -0.25) is 5.32 Å². The number of para-hydroxylation sites is 1. The van der Waals surface area contributed by atoms with Gasteiger partial charge in [0.2, 0.25) is 0 Å². The summed E-state index contributed by atoms with van der Waals surface area (Å²) in [5.41, 5.74) is 2.33. The van der Waals surface area contributed by atoms with Crippen LogP contribution >= 0.6 is 0 Å². The Morgan fingerprint density at radius 1 is 1.18 bits per heavy atom. The largest absolute Gasteiger partial charge is 0.465 e. The van der Waals surface area contributed by atoms with E-state index in [1.165, 1.54) is 0 Å². The fourth-order valence-corrected chi connectivity index (χ4v) is 2.15. The van der Waals surface area contributed by atoms with Gasteiger partial charge in [-0.15, -0.1) is 0 Å². The molecular weight excluding hydrogens is 287 g/mol. The Balaban J connectivity index is 2.19. The SMILES string of the molecule is Cc1ccc(NCc2ccccc2NC(=O)O)c(F)c1CO. The van der Waals surface area contributed by atoms with Gasteiger partial charge < -0.3 is 15.5 Å². The quantitative estimate of drug-likeness (QED) is 0.683. The third-order valence-corrected chi connectivity index (χ3v) is 3.36. The number of nitrogens with one attached hydrogen (secondary N) is 2. The van der Waals surface area contributed by atoms with Gasteiger partial charge in [0.1, 0.15) is 0 Å². The summed E-state index contributed by atoms with van der Waals surface area (Å²) in [6.07, 6.45) is -1.16. The number of aryl methyl sites for hydroxylation is 1. The van der Waals surface area contributed by atoms with Gasteiger partial charge >= 0.3 is 6.09 Å². The van der Waals surface area contributed by atoms with Crippen molar-refractivity contribution in [3.63, 3.8) is 0 Å². The number of aliphatic hydroxyl groups is 1. The monoisotopic (exact) mass is 304 g/mol. The summed E-state index contributed by atoms with van der Waals surface area (Å²) in [4.78, 5) is 10.8. The first-order chi connectivity index (χ1) is 10.5. The number of aliphatic hydroxyl groups excluding tert-OH is 1. The minimum atomic E-state index is -1.16. The molecule has 2 aromatic rings. The number of carboxylic acid groups (broad SMARTS) is 1. The maximum atomic E-state index is 14.2. The molecule has 1 amide bonds. The Kier molecular flexibility index (Phi) is 4.95. The molecule has 0 saturated heterocycles. The Labute approximate surface area is 127 Å². The number of amides is 1. The van der Waals surface area contributed by atoms with Crippen LogP contribution in [-0.4, -0.2) is 16.3 Å². The molecule has 0 aromatic heterocycles.